The number of halogens is 1. The van der Waals surface area contributed by atoms with E-state index in [9.17, 15) is 4.39 Å². The molecule has 5 nitrogen and oxygen atoms in total. The van der Waals surface area contributed by atoms with Crippen molar-refractivity contribution in [3.8, 4) is 5.69 Å². The summed E-state index contributed by atoms with van der Waals surface area (Å²) in [5, 5.41) is 4.44. The molecular formula is C19H19FN4OS. The summed E-state index contributed by atoms with van der Waals surface area (Å²) in [7, 11) is 0. The summed E-state index contributed by atoms with van der Waals surface area (Å²) in [4.78, 5) is 2.25. The smallest absolute Gasteiger partial charge is 0.203 e. The van der Waals surface area contributed by atoms with Gasteiger partial charge in [-0.1, -0.05) is 30.3 Å². The third-order valence-electron chi connectivity index (χ3n) is 4.49. The summed E-state index contributed by atoms with van der Waals surface area (Å²) in [6.07, 6.45) is 1.67. The normalized spacial score (nSPS) is 18.1. The third kappa shape index (κ3) is 3.60. The minimum atomic E-state index is -0.237. The van der Waals surface area contributed by atoms with Crippen LogP contribution in [0.3, 0.4) is 0 Å². The number of benzene rings is 2. The molecule has 4 rings (SSSR count). The number of morpholine rings is 1. The number of hydrogen-bond donors (Lipinski definition) is 0. The Morgan fingerprint density at radius 3 is 2.65 bits per heavy atom. The van der Waals surface area contributed by atoms with Crippen molar-refractivity contribution >= 4 is 12.2 Å². The van der Waals surface area contributed by atoms with E-state index in [1.807, 2.05) is 39.6 Å². The fourth-order valence-electron chi connectivity index (χ4n) is 3.10. The van der Waals surface area contributed by atoms with Crippen LogP contribution in [0, 0.1) is 10.6 Å². The van der Waals surface area contributed by atoms with Gasteiger partial charge in [0.25, 0.3) is 0 Å². The van der Waals surface area contributed by atoms with Crippen LogP contribution < -0.4 is 0 Å². The minimum absolute atomic E-state index is 0.0743. The first-order valence-electron chi connectivity index (χ1n) is 8.50. The Kier molecular flexibility index (Phi) is 4.92. The van der Waals surface area contributed by atoms with Gasteiger partial charge in [-0.05, 0) is 42.0 Å². The molecule has 0 radical (unpaired) electrons. The highest BCUT2D eigenvalue weighted by Crippen LogP contribution is 2.23. The summed E-state index contributed by atoms with van der Waals surface area (Å²) in [5.41, 5.74) is 1.98. The van der Waals surface area contributed by atoms with Gasteiger partial charge in [0, 0.05) is 18.8 Å². The van der Waals surface area contributed by atoms with Crippen molar-refractivity contribution in [1.82, 2.24) is 19.2 Å². The zero-order valence-electron chi connectivity index (χ0n) is 14.2. The van der Waals surface area contributed by atoms with Crippen LogP contribution in [-0.2, 0) is 11.4 Å². The molecule has 26 heavy (non-hydrogen) atoms. The SMILES string of the molecule is Fc1ccc(C2CN(Cn3ncn(-c4ccccc4)c3=S)CCO2)cc1. The van der Waals surface area contributed by atoms with E-state index in [-0.39, 0.29) is 11.9 Å². The molecule has 3 aromatic rings. The monoisotopic (exact) mass is 370 g/mol. The third-order valence-corrected chi connectivity index (χ3v) is 4.90. The van der Waals surface area contributed by atoms with E-state index in [1.165, 1.54) is 12.1 Å². The van der Waals surface area contributed by atoms with Crippen LogP contribution in [0.5, 0.6) is 0 Å². The molecular weight excluding hydrogens is 351 g/mol. The molecule has 0 spiro atoms. The zero-order valence-corrected chi connectivity index (χ0v) is 15.0. The quantitative estimate of drug-likeness (QED) is 0.658. The van der Waals surface area contributed by atoms with Gasteiger partial charge >= 0.3 is 0 Å². The molecule has 0 bridgehead atoms. The van der Waals surface area contributed by atoms with Crippen LogP contribution in [-0.4, -0.2) is 38.9 Å². The summed E-state index contributed by atoms with van der Waals surface area (Å²) < 4.78 is 23.3. The largest absolute Gasteiger partial charge is 0.371 e. The van der Waals surface area contributed by atoms with Gasteiger partial charge < -0.3 is 4.74 Å². The Morgan fingerprint density at radius 1 is 1.12 bits per heavy atom. The number of para-hydroxylation sites is 1. The summed E-state index contributed by atoms with van der Waals surface area (Å²) in [5.74, 6) is -0.237. The van der Waals surface area contributed by atoms with E-state index in [1.54, 1.807) is 18.5 Å². The van der Waals surface area contributed by atoms with E-state index >= 15 is 0 Å². The molecule has 0 N–H and O–H groups in total. The minimum Gasteiger partial charge on any atom is -0.371 e. The molecule has 2 heterocycles. The molecule has 1 unspecified atom stereocenters. The van der Waals surface area contributed by atoms with Crippen molar-refractivity contribution in [1.29, 1.82) is 0 Å². The van der Waals surface area contributed by atoms with Crippen LogP contribution in [0.15, 0.2) is 60.9 Å². The van der Waals surface area contributed by atoms with Crippen molar-refractivity contribution in [2.45, 2.75) is 12.8 Å². The Balaban J connectivity index is 1.48. The van der Waals surface area contributed by atoms with Crippen molar-refractivity contribution in [2.24, 2.45) is 0 Å². The Morgan fingerprint density at radius 2 is 1.88 bits per heavy atom. The molecule has 1 aliphatic rings. The molecule has 0 amide bonds. The first-order valence-corrected chi connectivity index (χ1v) is 8.91. The highest BCUT2D eigenvalue weighted by molar-refractivity contribution is 7.71. The second-order valence-corrected chi connectivity index (χ2v) is 6.61. The molecule has 1 aromatic heterocycles. The maximum Gasteiger partial charge on any atom is 0.203 e. The average molecular weight is 370 g/mol. The second kappa shape index (κ2) is 7.49. The van der Waals surface area contributed by atoms with Gasteiger partial charge in [0.05, 0.1) is 19.4 Å². The fourth-order valence-corrected chi connectivity index (χ4v) is 3.36. The number of rotatable bonds is 4. The summed E-state index contributed by atoms with van der Waals surface area (Å²) >= 11 is 5.58. The first kappa shape index (κ1) is 17.1. The maximum absolute atomic E-state index is 13.1. The lowest BCUT2D eigenvalue weighted by Gasteiger charge is -2.32. The summed E-state index contributed by atoms with van der Waals surface area (Å²) in [6, 6.07) is 16.4. The van der Waals surface area contributed by atoms with Gasteiger partial charge in [-0.2, -0.15) is 5.10 Å². The van der Waals surface area contributed by atoms with Gasteiger partial charge in [0.1, 0.15) is 12.1 Å². The number of aromatic nitrogens is 3. The van der Waals surface area contributed by atoms with Gasteiger partial charge in [-0.25, -0.2) is 9.07 Å². The van der Waals surface area contributed by atoms with Crippen LogP contribution in [0.25, 0.3) is 5.69 Å². The van der Waals surface area contributed by atoms with E-state index < -0.39 is 0 Å². The van der Waals surface area contributed by atoms with Gasteiger partial charge in [0.15, 0.2) is 0 Å². The summed E-state index contributed by atoms with van der Waals surface area (Å²) in [6.45, 7) is 2.73. The molecule has 134 valence electrons. The molecule has 1 aliphatic heterocycles. The fraction of sp³-hybridized carbons (Fsp3) is 0.263. The van der Waals surface area contributed by atoms with Crippen molar-refractivity contribution in [2.75, 3.05) is 19.7 Å². The number of ether oxygens (including phenoxy) is 1. The predicted molar refractivity (Wildman–Crippen MR) is 99.1 cm³/mol. The molecule has 1 fully saturated rings. The average Bonchev–Trinajstić information content (AvgIpc) is 3.04. The highest BCUT2D eigenvalue weighted by atomic mass is 32.1. The molecule has 0 saturated carbocycles. The van der Waals surface area contributed by atoms with Crippen LogP contribution in [0.1, 0.15) is 11.7 Å². The van der Waals surface area contributed by atoms with Crippen LogP contribution >= 0.6 is 12.2 Å². The number of nitrogens with zero attached hydrogens (tertiary/aromatic N) is 4. The molecule has 0 aliphatic carbocycles. The van der Waals surface area contributed by atoms with Crippen molar-refractivity contribution in [3.05, 3.63) is 77.1 Å². The highest BCUT2D eigenvalue weighted by Gasteiger charge is 2.22. The second-order valence-electron chi connectivity index (χ2n) is 6.25. The lowest BCUT2D eigenvalue weighted by atomic mass is 10.1. The Bertz CT molecular complexity index is 923. The standard InChI is InChI=1S/C19H19FN4OS/c20-16-8-6-15(7-9-16)18-12-22(10-11-25-18)14-24-19(26)23(13-21-24)17-4-2-1-3-5-17/h1-9,13,18H,10-12,14H2. The van der Waals surface area contributed by atoms with Crippen LogP contribution in [0.4, 0.5) is 4.39 Å². The van der Waals surface area contributed by atoms with Gasteiger partial charge in [0.2, 0.25) is 4.77 Å². The van der Waals surface area contributed by atoms with Gasteiger partial charge in [-0.15, -0.1) is 0 Å². The lowest BCUT2D eigenvalue weighted by molar-refractivity contribution is -0.0419. The Labute approximate surface area is 156 Å². The van der Waals surface area contributed by atoms with Crippen molar-refractivity contribution < 1.29 is 9.13 Å². The van der Waals surface area contributed by atoms with E-state index in [0.717, 1.165) is 17.8 Å². The topological polar surface area (TPSA) is 35.2 Å². The zero-order chi connectivity index (χ0) is 17.9. The maximum atomic E-state index is 13.1. The molecule has 1 atom stereocenters. The lowest BCUT2D eigenvalue weighted by Crippen LogP contribution is -2.39. The van der Waals surface area contributed by atoms with Crippen LogP contribution in [0.2, 0.25) is 0 Å². The Hall–Kier alpha value is -2.35. The first-order chi connectivity index (χ1) is 12.7. The predicted octanol–water partition coefficient (Wildman–Crippen LogP) is 3.57. The molecule has 2 aromatic carbocycles. The number of hydrogen-bond acceptors (Lipinski definition) is 4. The molecule has 7 heteroatoms. The van der Waals surface area contributed by atoms with E-state index in [4.69, 9.17) is 17.0 Å². The van der Waals surface area contributed by atoms with E-state index in [2.05, 4.69) is 10.00 Å². The molecule has 1 saturated heterocycles. The van der Waals surface area contributed by atoms with Gasteiger partial charge in [-0.3, -0.25) is 9.47 Å². The van der Waals surface area contributed by atoms with E-state index in [0.29, 0.717) is 24.6 Å². The van der Waals surface area contributed by atoms with Crippen molar-refractivity contribution in [3.63, 3.8) is 0 Å².